The summed E-state index contributed by atoms with van der Waals surface area (Å²) in [6.07, 6.45) is -0.0373. The summed E-state index contributed by atoms with van der Waals surface area (Å²) in [5.74, 6) is -2.12. The van der Waals surface area contributed by atoms with E-state index >= 15 is 0 Å². The molecule has 98 valence electrons. The first-order valence-electron chi connectivity index (χ1n) is 5.76. The third-order valence-electron chi connectivity index (χ3n) is 2.76. The Balaban J connectivity index is 2.10. The molecule has 0 saturated heterocycles. The second kappa shape index (κ2) is 5.93. The number of carbonyl (C=O) groups is 1. The van der Waals surface area contributed by atoms with Crippen molar-refractivity contribution in [2.24, 2.45) is 0 Å². The van der Waals surface area contributed by atoms with Gasteiger partial charge in [0.25, 0.3) is 0 Å². The van der Waals surface area contributed by atoms with Crippen molar-refractivity contribution in [2.45, 2.75) is 12.8 Å². The Morgan fingerprint density at radius 2 is 1.58 bits per heavy atom. The second-order valence-electron chi connectivity index (χ2n) is 4.20. The zero-order valence-electron chi connectivity index (χ0n) is 10.00. The summed E-state index contributed by atoms with van der Waals surface area (Å²) >= 11 is 5.94. The molecule has 1 nitrogen and oxygen atoms in total. The number of benzene rings is 2. The molecule has 0 unspecified atom stereocenters. The van der Waals surface area contributed by atoms with Crippen molar-refractivity contribution >= 4 is 17.4 Å². The predicted octanol–water partition coefficient (Wildman–Crippen LogP) is 3.97. The summed E-state index contributed by atoms with van der Waals surface area (Å²) < 4.78 is 26.4. The highest BCUT2D eigenvalue weighted by Crippen LogP contribution is 2.17. The lowest BCUT2D eigenvalue weighted by atomic mass is 10.0. The van der Waals surface area contributed by atoms with Crippen LogP contribution in [0.15, 0.2) is 42.5 Å². The van der Waals surface area contributed by atoms with Crippen molar-refractivity contribution in [3.05, 3.63) is 70.2 Å². The lowest BCUT2D eigenvalue weighted by Gasteiger charge is -2.05. The molecule has 2 aromatic carbocycles. The van der Waals surface area contributed by atoms with Gasteiger partial charge >= 0.3 is 0 Å². The summed E-state index contributed by atoms with van der Waals surface area (Å²) in [5, 5.41) is 0.496. The van der Waals surface area contributed by atoms with E-state index in [2.05, 4.69) is 0 Å². The molecule has 0 aliphatic carbocycles. The highest BCUT2D eigenvalue weighted by Gasteiger charge is 2.13. The zero-order valence-corrected chi connectivity index (χ0v) is 10.8. The molecule has 2 aromatic rings. The van der Waals surface area contributed by atoms with Crippen LogP contribution in [0.3, 0.4) is 0 Å². The van der Waals surface area contributed by atoms with Crippen LogP contribution in [-0.4, -0.2) is 5.78 Å². The maximum absolute atomic E-state index is 13.4. The van der Waals surface area contributed by atoms with Crippen molar-refractivity contribution < 1.29 is 13.6 Å². The van der Waals surface area contributed by atoms with Crippen LogP contribution >= 0.6 is 11.6 Å². The first-order chi connectivity index (χ1) is 9.08. The molecule has 4 heteroatoms. The summed E-state index contributed by atoms with van der Waals surface area (Å²) in [6.45, 7) is 0. The van der Waals surface area contributed by atoms with Crippen LogP contribution in [-0.2, 0) is 17.6 Å². The van der Waals surface area contributed by atoms with E-state index in [0.717, 1.165) is 6.07 Å². The number of halogens is 3. The quantitative estimate of drug-likeness (QED) is 0.828. The summed E-state index contributed by atoms with van der Waals surface area (Å²) in [4.78, 5) is 11.8. The lowest BCUT2D eigenvalue weighted by Crippen LogP contribution is -2.09. The monoisotopic (exact) mass is 280 g/mol. The predicted molar refractivity (Wildman–Crippen MR) is 70.2 cm³/mol. The average molecular weight is 281 g/mol. The molecular formula is C15H11ClF2O. The normalized spacial score (nSPS) is 10.5. The molecule has 0 aliphatic rings. The smallest absolute Gasteiger partial charge is 0.162 e. The van der Waals surface area contributed by atoms with Crippen molar-refractivity contribution in [2.75, 3.05) is 0 Å². The molecule has 0 fully saturated rings. The Morgan fingerprint density at radius 3 is 2.32 bits per heavy atom. The van der Waals surface area contributed by atoms with Crippen LogP contribution in [0, 0.1) is 11.6 Å². The van der Waals surface area contributed by atoms with Crippen molar-refractivity contribution in [1.82, 2.24) is 0 Å². The molecule has 2 rings (SSSR count). The van der Waals surface area contributed by atoms with E-state index < -0.39 is 11.6 Å². The van der Waals surface area contributed by atoms with Gasteiger partial charge in [-0.3, -0.25) is 4.79 Å². The summed E-state index contributed by atoms with van der Waals surface area (Å²) in [7, 11) is 0. The van der Waals surface area contributed by atoms with Gasteiger partial charge in [-0.25, -0.2) is 8.78 Å². The van der Waals surface area contributed by atoms with E-state index in [1.54, 1.807) is 24.3 Å². The Morgan fingerprint density at radius 1 is 0.947 bits per heavy atom. The maximum atomic E-state index is 13.4. The molecule has 0 N–H and O–H groups in total. The van der Waals surface area contributed by atoms with E-state index in [1.165, 1.54) is 12.1 Å². The highest BCUT2D eigenvalue weighted by molar-refractivity contribution is 6.31. The number of hydrogen-bond donors (Lipinski definition) is 0. The second-order valence-corrected chi connectivity index (χ2v) is 4.60. The molecule has 19 heavy (non-hydrogen) atoms. The largest absolute Gasteiger partial charge is 0.299 e. The van der Waals surface area contributed by atoms with Crippen LogP contribution < -0.4 is 0 Å². The molecule has 0 heterocycles. The SMILES string of the molecule is O=C(Cc1ccccc1Cl)Cc1cccc(F)c1F. The van der Waals surface area contributed by atoms with Gasteiger partial charge in [0.15, 0.2) is 11.6 Å². The minimum Gasteiger partial charge on any atom is -0.299 e. The maximum Gasteiger partial charge on any atom is 0.162 e. The van der Waals surface area contributed by atoms with Crippen molar-refractivity contribution in [3.8, 4) is 0 Å². The van der Waals surface area contributed by atoms with Crippen LogP contribution in [0.25, 0.3) is 0 Å². The van der Waals surface area contributed by atoms with Crippen LogP contribution in [0.5, 0.6) is 0 Å². The van der Waals surface area contributed by atoms with Crippen molar-refractivity contribution in [1.29, 1.82) is 0 Å². The number of ketones is 1. The zero-order chi connectivity index (χ0) is 13.8. The van der Waals surface area contributed by atoms with Gasteiger partial charge in [0.1, 0.15) is 5.78 Å². The lowest BCUT2D eigenvalue weighted by molar-refractivity contribution is -0.117. The molecule has 0 amide bonds. The summed E-state index contributed by atoms with van der Waals surface area (Å²) in [5.41, 5.74) is 0.753. The number of hydrogen-bond acceptors (Lipinski definition) is 1. The van der Waals surface area contributed by atoms with E-state index in [4.69, 9.17) is 11.6 Å². The van der Waals surface area contributed by atoms with Crippen molar-refractivity contribution in [3.63, 3.8) is 0 Å². The third-order valence-corrected chi connectivity index (χ3v) is 3.13. The molecule has 0 spiro atoms. The van der Waals surface area contributed by atoms with Gasteiger partial charge in [-0.05, 0) is 23.3 Å². The molecule has 0 aromatic heterocycles. The van der Waals surface area contributed by atoms with E-state index in [-0.39, 0.29) is 24.2 Å². The minimum atomic E-state index is -0.963. The molecule has 0 atom stereocenters. The fourth-order valence-corrected chi connectivity index (χ4v) is 2.02. The van der Waals surface area contributed by atoms with E-state index in [9.17, 15) is 13.6 Å². The summed E-state index contributed by atoms with van der Waals surface area (Å²) in [6, 6.07) is 10.8. The fraction of sp³-hybridized carbons (Fsp3) is 0.133. The topological polar surface area (TPSA) is 17.1 Å². The molecule has 0 bridgehead atoms. The number of Topliss-reactive ketones (excluding diaryl/α,β-unsaturated/α-hetero) is 1. The van der Waals surface area contributed by atoms with Gasteiger partial charge in [0.05, 0.1) is 0 Å². The Labute approximate surface area is 114 Å². The standard InChI is InChI=1S/C15H11ClF2O/c16-13-6-2-1-4-10(13)8-12(19)9-11-5-3-7-14(17)15(11)18/h1-7H,8-9H2. The Kier molecular flexibility index (Phi) is 4.27. The van der Waals surface area contributed by atoms with Crippen LogP contribution in [0.1, 0.15) is 11.1 Å². The van der Waals surface area contributed by atoms with Gasteiger partial charge in [0, 0.05) is 17.9 Å². The minimum absolute atomic E-state index is 0.0667. The average Bonchev–Trinajstić information content (AvgIpc) is 2.38. The van der Waals surface area contributed by atoms with Gasteiger partial charge in [-0.15, -0.1) is 0 Å². The van der Waals surface area contributed by atoms with Gasteiger partial charge in [-0.2, -0.15) is 0 Å². The van der Waals surface area contributed by atoms with Gasteiger partial charge in [0.2, 0.25) is 0 Å². The van der Waals surface area contributed by atoms with Crippen LogP contribution in [0.2, 0.25) is 5.02 Å². The first kappa shape index (κ1) is 13.7. The molecule has 0 saturated carbocycles. The Hall–Kier alpha value is -1.74. The van der Waals surface area contributed by atoms with Crippen LogP contribution in [0.4, 0.5) is 8.78 Å². The molecular weight excluding hydrogens is 270 g/mol. The molecule has 0 aliphatic heterocycles. The molecule has 0 radical (unpaired) electrons. The van der Waals surface area contributed by atoms with Gasteiger partial charge in [-0.1, -0.05) is 41.9 Å². The first-order valence-corrected chi connectivity index (χ1v) is 6.13. The van der Waals surface area contributed by atoms with E-state index in [1.807, 2.05) is 0 Å². The third kappa shape index (κ3) is 3.38. The highest BCUT2D eigenvalue weighted by atomic mass is 35.5. The van der Waals surface area contributed by atoms with Gasteiger partial charge < -0.3 is 0 Å². The number of rotatable bonds is 4. The number of carbonyl (C=O) groups excluding carboxylic acids is 1. The Bertz CT molecular complexity index is 611. The fourth-order valence-electron chi connectivity index (χ4n) is 1.81. The van der Waals surface area contributed by atoms with E-state index in [0.29, 0.717) is 10.6 Å².